The van der Waals surface area contributed by atoms with Crippen LogP contribution in [0.25, 0.3) is 0 Å². The van der Waals surface area contributed by atoms with Gasteiger partial charge in [-0.15, -0.1) is 0 Å². The van der Waals surface area contributed by atoms with Gasteiger partial charge in [-0.3, -0.25) is 14.5 Å². The molecule has 2 N–H and O–H groups in total. The quantitative estimate of drug-likeness (QED) is 0.530. The Labute approximate surface area is 198 Å². The molecule has 8 nitrogen and oxygen atoms in total. The molecule has 0 bridgehead atoms. The van der Waals surface area contributed by atoms with Gasteiger partial charge in [0, 0.05) is 30.9 Å². The van der Waals surface area contributed by atoms with Gasteiger partial charge < -0.3 is 24.5 Å². The first kappa shape index (κ1) is 23.5. The molecule has 2 aromatic carbocycles. The maximum Gasteiger partial charge on any atom is 0.291 e. The predicted molar refractivity (Wildman–Crippen MR) is 128 cm³/mol. The number of methoxy groups -OCH3 is 1. The second-order valence-corrected chi connectivity index (χ2v) is 8.11. The first-order valence-electron chi connectivity index (χ1n) is 11.2. The fourth-order valence-electron chi connectivity index (χ4n) is 3.95. The van der Waals surface area contributed by atoms with Crippen LogP contribution in [0.1, 0.15) is 38.1 Å². The third-order valence-corrected chi connectivity index (χ3v) is 5.94. The van der Waals surface area contributed by atoms with Gasteiger partial charge in [-0.2, -0.15) is 0 Å². The molecule has 0 saturated carbocycles. The second kappa shape index (κ2) is 11.0. The number of carbonyl (C=O) groups excluding carboxylic acids is 2. The highest BCUT2D eigenvalue weighted by Gasteiger charge is 2.24. The Morgan fingerprint density at radius 1 is 1.06 bits per heavy atom. The fraction of sp³-hybridized carbons (Fsp3) is 0.308. The van der Waals surface area contributed by atoms with Crippen molar-refractivity contribution in [1.29, 1.82) is 0 Å². The molecule has 1 saturated heterocycles. The highest BCUT2D eigenvalue weighted by Crippen LogP contribution is 2.24. The molecule has 1 aromatic heterocycles. The molecule has 1 atom stereocenters. The van der Waals surface area contributed by atoms with Crippen LogP contribution in [0.4, 0.5) is 5.69 Å². The lowest BCUT2D eigenvalue weighted by atomic mass is 10.0. The van der Waals surface area contributed by atoms with E-state index < -0.39 is 0 Å². The highest BCUT2D eigenvalue weighted by atomic mass is 16.5. The van der Waals surface area contributed by atoms with Crippen LogP contribution in [0.15, 0.2) is 65.3 Å². The average molecular weight is 464 g/mol. The standard InChI is InChI=1S/C26H29N3O5/c1-18-5-6-20(16-22(18)28-26(31)24-4-3-13-34-24)25(30)27-17-23(29-11-14-33-15-12-29)19-7-9-21(32-2)10-8-19/h3-10,13,16,23H,11-12,14-15,17H2,1-2H3,(H,27,30)(H,28,31)/t23-/m1/s1. The van der Waals surface area contributed by atoms with Crippen molar-refractivity contribution in [2.24, 2.45) is 0 Å². The third-order valence-electron chi connectivity index (χ3n) is 5.94. The predicted octanol–water partition coefficient (Wildman–Crippen LogP) is 3.65. The normalized spacial score (nSPS) is 14.9. The number of hydrogen-bond donors (Lipinski definition) is 2. The molecule has 1 aliphatic heterocycles. The lowest BCUT2D eigenvalue weighted by molar-refractivity contribution is 0.0162. The molecule has 4 rings (SSSR count). The van der Waals surface area contributed by atoms with E-state index in [0.29, 0.717) is 31.0 Å². The minimum absolute atomic E-state index is 0.00216. The Kier molecular flexibility index (Phi) is 7.61. The summed E-state index contributed by atoms with van der Waals surface area (Å²) in [6.07, 6.45) is 1.44. The van der Waals surface area contributed by atoms with Crippen LogP contribution in [0.3, 0.4) is 0 Å². The van der Waals surface area contributed by atoms with Crippen LogP contribution in [0.5, 0.6) is 5.75 Å². The summed E-state index contributed by atoms with van der Waals surface area (Å²) in [5.41, 5.74) is 2.98. The van der Waals surface area contributed by atoms with Gasteiger partial charge >= 0.3 is 0 Å². The van der Waals surface area contributed by atoms with E-state index in [-0.39, 0.29) is 23.6 Å². The lowest BCUT2D eigenvalue weighted by Crippen LogP contribution is -2.43. The number of benzene rings is 2. The van der Waals surface area contributed by atoms with Crippen LogP contribution in [0.2, 0.25) is 0 Å². The number of furan rings is 1. The van der Waals surface area contributed by atoms with E-state index in [1.807, 2.05) is 37.3 Å². The minimum Gasteiger partial charge on any atom is -0.497 e. The van der Waals surface area contributed by atoms with Gasteiger partial charge in [0.25, 0.3) is 11.8 Å². The van der Waals surface area contributed by atoms with Crippen molar-refractivity contribution in [2.45, 2.75) is 13.0 Å². The zero-order valence-corrected chi connectivity index (χ0v) is 19.4. The molecule has 0 aliphatic carbocycles. The monoisotopic (exact) mass is 463 g/mol. The van der Waals surface area contributed by atoms with E-state index in [0.717, 1.165) is 30.0 Å². The maximum absolute atomic E-state index is 13.0. The number of nitrogens with zero attached hydrogens (tertiary/aromatic N) is 1. The minimum atomic E-state index is -0.363. The van der Waals surface area contributed by atoms with Crippen molar-refractivity contribution >= 4 is 17.5 Å². The van der Waals surface area contributed by atoms with Gasteiger partial charge in [0.05, 0.1) is 32.6 Å². The van der Waals surface area contributed by atoms with Gasteiger partial charge in [0.2, 0.25) is 0 Å². The van der Waals surface area contributed by atoms with Gasteiger partial charge in [0.15, 0.2) is 5.76 Å². The summed E-state index contributed by atoms with van der Waals surface area (Å²) in [6.45, 7) is 5.22. The summed E-state index contributed by atoms with van der Waals surface area (Å²) >= 11 is 0. The van der Waals surface area contributed by atoms with Crippen LogP contribution in [0, 0.1) is 6.92 Å². The van der Waals surface area contributed by atoms with Crippen LogP contribution in [-0.4, -0.2) is 56.7 Å². The van der Waals surface area contributed by atoms with Crippen LogP contribution in [-0.2, 0) is 4.74 Å². The number of ether oxygens (including phenoxy) is 2. The molecule has 1 fully saturated rings. The summed E-state index contributed by atoms with van der Waals surface area (Å²) in [4.78, 5) is 27.7. The molecule has 0 unspecified atom stereocenters. The SMILES string of the molecule is COc1ccc([C@@H](CNC(=O)c2ccc(C)c(NC(=O)c3ccco3)c2)N2CCOCC2)cc1. The summed E-state index contributed by atoms with van der Waals surface area (Å²) in [5.74, 6) is 0.428. The number of rotatable bonds is 8. The van der Waals surface area contributed by atoms with Crippen LogP contribution >= 0.6 is 0 Å². The fourth-order valence-corrected chi connectivity index (χ4v) is 3.95. The lowest BCUT2D eigenvalue weighted by Gasteiger charge is -2.35. The summed E-state index contributed by atoms with van der Waals surface area (Å²) < 4.78 is 15.9. The molecule has 1 aliphatic rings. The summed E-state index contributed by atoms with van der Waals surface area (Å²) in [5, 5.41) is 5.88. The molecule has 178 valence electrons. The van der Waals surface area contributed by atoms with Gasteiger partial charge in [-0.25, -0.2) is 0 Å². The molecule has 3 aromatic rings. The number of hydrogen-bond acceptors (Lipinski definition) is 6. The molecule has 0 radical (unpaired) electrons. The number of morpholine rings is 1. The highest BCUT2D eigenvalue weighted by molar-refractivity contribution is 6.03. The van der Waals surface area contributed by atoms with Gasteiger partial charge in [-0.05, 0) is 54.4 Å². The number of carbonyl (C=O) groups is 2. The second-order valence-electron chi connectivity index (χ2n) is 8.11. The van der Waals surface area contributed by atoms with Gasteiger partial charge in [-0.1, -0.05) is 18.2 Å². The van der Waals surface area contributed by atoms with Crippen molar-refractivity contribution in [2.75, 3.05) is 45.3 Å². The Morgan fingerprint density at radius 2 is 1.82 bits per heavy atom. The third kappa shape index (κ3) is 5.65. The Bertz CT molecular complexity index is 1110. The molecule has 2 amide bonds. The smallest absolute Gasteiger partial charge is 0.291 e. The van der Waals surface area contributed by atoms with Gasteiger partial charge in [0.1, 0.15) is 5.75 Å². The molecular formula is C26H29N3O5. The Morgan fingerprint density at radius 3 is 2.50 bits per heavy atom. The first-order chi connectivity index (χ1) is 16.5. The zero-order valence-electron chi connectivity index (χ0n) is 19.4. The van der Waals surface area contributed by atoms with Crippen molar-refractivity contribution in [3.63, 3.8) is 0 Å². The maximum atomic E-state index is 13.0. The van der Waals surface area contributed by atoms with Crippen LogP contribution < -0.4 is 15.4 Å². The van der Waals surface area contributed by atoms with E-state index in [1.165, 1.54) is 6.26 Å². The first-order valence-corrected chi connectivity index (χ1v) is 11.2. The van der Waals surface area contributed by atoms with Crippen molar-refractivity contribution < 1.29 is 23.5 Å². The zero-order chi connectivity index (χ0) is 23.9. The van der Waals surface area contributed by atoms with E-state index in [9.17, 15) is 9.59 Å². The molecule has 34 heavy (non-hydrogen) atoms. The van der Waals surface area contributed by atoms with Crippen molar-refractivity contribution in [3.8, 4) is 5.75 Å². The summed E-state index contributed by atoms with van der Waals surface area (Å²) in [7, 11) is 1.64. The largest absolute Gasteiger partial charge is 0.497 e. The van der Waals surface area contributed by atoms with E-state index in [2.05, 4.69) is 15.5 Å². The topological polar surface area (TPSA) is 93.0 Å². The van der Waals surface area contributed by atoms with E-state index in [4.69, 9.17) is 13.9 Å². The number of amides is 2. The molecular weight excluding hydrogens is 434 g/mol. The number of nitrogens with one attached hydrogen (secondary N) is 2. The molecule has 8 heteroatoms. The number of aryl methyl sites for hydroxylation is 1. The summed E-state index contributed by atoms with van der Waals surface area (Å²) in [6, 6.07) is 16.4. The van der Waals surface area contributed by atoms with Crippen molar-refractivity contribution in [3.05, 3.63) is 83.3 Å². The number of anilines is 1. The van der Waals surface area contributed by atoms with E-state index >= 15 is 0 Å². The molecule has 2 heterocycles. The van der Waals surface area contributed by atoms with Crippen molar-refractivity contribution in [1.82, 2.24) is 10.2 Å². The Balaban J connectivity index is 1.47. The van der Waals surface area contributed by atoms with E-state index in [1.54, 1.807) is 31.4 Å². The Hall–Kier alpha value is -3.62. The average Bonchev–Trinajstić information content (AvgIpc) is 3.42. The molecule has 0 spiro atoms.